The van der Waals surface area contributed by atoms with Crippen molar-refractivity contribution in [2.75, 3.05) is 0 Å². The van der Waals surface area contributed by atoms with E-state index in [2.05, 4.69) is 0 Å². The summed E-state index contributed by atoms with van der Waals surface area (Å²) in [6.07, 6.45) is 2.50. The molecular formula is C13H14ClFO. The molecule has 0 aliphatic carbocycles. The van der Waals surface area contributed by atoms with Crippen molar-refractivity contribution in [3.8, 4) is 0 Å². The standard InChI is InChI=1S/C13H14ClFO/c1-3-9(4-2)13(16)8-10-7-11(14)5-6-12(10)15/h3,5-7H,4,8H2,1-2H3/b9-3-. The molecule has 0 amide bonds. The number of hydrogen-bond donors (Lipinski definition) is 0. The van der Waals surface area contributed by atoms with Crippen LogP contribution in [0.5, 0.6) is 0 Å². The van der Waals surface area contributed by atoms with E-state index in [0.717, 1.165) is 5.57 Å². The summed E-state index contributed by atoms with van der Waals surface area (Å²) in [5.74, 6) is -0.435. The quantitative estimate of drug-likeness (QED) is 0.729. The summed E-state index contributed by atoms with van der Waals surface area (Å²) in [7, 11) is 0. The Kier molecular flexibility index (Phi) is 4.69. The predicted molar refractivity (Wildman–Crippen MR) is 64.2 cm³/mol. The fourth-order valence-electron chi connectivity index (χ4n) is 1.53. The first-order valence-corrected chi connectivity index (χ1v) is 5.58. The molecule has 0 aliphatic rings. The fourth-order valence-corrected chi connectivity index (χ4v) is 1.72. The van der Waals surface area contributed by atoms with Gasteiger partial charge in [-0.3, -0.25) is 4.79 Å². The van der Waals surface area contributed by atoms with Gasteiger partial charge in [-0.15, -0.1) is 0 Å². The van der Waals surface area contributed by atoms with Gasteiger partial charge >= 0.3 is 0 Å². The summed E-state index contributed by atoms with van der Waals surface area (Å²) in [5, 5.41) is 0.447. The molecule has 0 unspecified atom stereocenters. The Hall–Kier alpha value is -1.15. The SMILES string of the molecule is C/C=C(/CC)C(=O)Cc1cc(Cl)ccc1F. The van der Waals surface area contributed by atoms with Gasteiger partial charge in [0, 0.05) is 11.4 Å². The van der Waals surface area contributed by atoms with Gasteiger partial charge in [-0.1, -0.05) is 24.6 Å². The highest BCUT2D eigenvalue weighted by atomic mass is 35.5. The van der Waals surface area contributed by atoms with Crippen LogP contribution in [0.4, 0.5) is 4.39 Å². The first-order valence-electron chi connectivity index (χ1n) is 5.20. The lowest BCUT2D eigenvalue weighted by atomic mass is 10.0. The lowest BCUT2D eigenvalue weighted by molar-refractivity contribution is -0.115. The van der Waals surface area contributed by atoms with E-state index >= 15 is 0 Å². The molecule has 16 heavy (non-hydrogen) atoms. The second-order valence-corrected chi connectivity index (χ2v) is 3.94. The molecule has 0 saturated carbocycles. The number of carbonyl (C=O) groups is 1. The van der Waals surface area contributed by atoms with Gasteiger partial charge in [-0.25, -0.2) is 4.39 Å². The van der Waals surface area contributed by atoms with Gasteiger partial charge in [0.2, 0.25) is 0 Å². The lowest BCUT2D eigenvalue weighted by Gasteiger charge is -2.05. The Morgan fingerprint density at radius 1 is 1.50 bits per heavy atom. The van der Waals surface area contributed by atoms with Crippen LogP contribution in [-0.4, -0.2) is 5.78 Å². The molecule has 0 fully saturated rings. The van der Waals surface area contributed by atoms with E-state index < -0.39 is 0 Å². The maximum Gasteiger partial charge on any atom is 0.162 e. The van der Waals surface area contributed by atoms with E-state index in [1.807, 2.05) is 13.8 Å². The summed E-state index contributed by atoms with van der Waals surface area (Å²) in [6, 6.07) is 4.26. The summed E-state index contributed by atoms with van der Waals surface area (Å²) in [5.41, 5.74) is 1.07. The average Bonchev–Trinajstić information content (AvgIpc) is 2.25. The summed E-state index contributed by atoms with van der Waals surface area (Å²) in [4.78, 5) is 11.8. The van der Waals surface area contributed by atoms with Crippen molar-refractivity contribution in [2.24, 2.45) is 0 Å². The van der Waals surface area contributed by atoms with Crippen LogP contribution in [0.15, 0.2) is 29.8 Å². The van der Waals surface area contributed by atoms with Crippen molar-refractivity contribution < 1.29 is 9.18 Å². The predicted octanol–water partition coefficient (Wildman–Crippen LogP) is 3.95. The maximum atomic E-state index is 13.4. The molecule has 3 heteroatoms. The minimum atomic E-state index is -0.385. The molecule has 0 aromatic heterocycles. The second kappa shape index (κ2) is 5.80. The molecule has 1 nitrogen and oxygen atoms in total. The Balaban J connectivity index is 2.88. The molecule has 0 atom stereocenters. The normalized spacial score (nSPS) is 11.6. The van der Waals surface area contributed by atoms with Crippen LogP contribution in [0.2, 0.25) is 5.02 Å². The third-order valence-electron chi connectivity index (χ3n) is 2.45. The largest absolute Gasteiger partial charge is 0.294 e. The van der Waals surface area contributed by atoms with Crippen LogP contribution in [0.25, 0.3) is 0 Å². The number of ketones is 1. The van der Waals surface area contributed by atoms with Gasteiger partial charge < -0.3 is 0 Å². The van der Waals surface area contributed by atoms with Crippen molar-refractivity contribution in [1.82, 2.24) is 0 Å². The van der Waals surface area contributed by atoms with Crippen LogP contribution in [0.3, 0.4) is 0 Å². The first kappa shape index (κ1) is 12.9. The molecule has 0 spiro atoms. The van der Waals surface area contributed by atoms with Crippen LogP contribution in [-0.2, 0) is 11.2 Å². The van der Waals surface area contributed by atoms with Crippen molar-refractivity contribution >= 4 is 17.4 Å². The van der Waals surface area contributed by atoms with Gasteiger partial charge in [0.25, 0.3) is 0 Å². The number of halogens is 2. The van der Waals surface area contributed by atoms with Crippen LogP contribution < -0.4 is 0 Å². The Morgan fingerprint density at radius 3 is 2.75 bits per heavy atom. The monoisotopic (exact) mass is 240 g/mol. The van der Waals surface area contributed by atoms with Crippen LogP contribution >= 0.6 is 11.6 Å². The smallest absolute Gasteiger partial charge is 0.162 e. The first-order chi connectivity index (χ1) is 7.58. The molecule has 86 valence electrons. The molecule has 1 aromatic rings. The number of benzene rings is 1. The fraction of sp³-hybridized carbons (Fsp3) is 0.308. The van der Waals surface area contributed by atoms with E-state index in [4.69, 9.17) is 11.6 Å². The Morgan fingerprint density at radius 2 is 2.19 bits per heavy atom. The lowest BCUT2D eigenvalue weighted by Crippen LogP contribution is -2.07. The third kappa shape index (κ3) is 3.17. The van der Waals surface area contributed by atoms with Crippen molar-refractivity contribution in [1.29, 1.82) is 0 Å². The Bertz CT molecular complexity index is 424. The zero-order valence-corrected chi connectivity index (χ0v) is 10.1. The van der Waals surface area contributed by atoms with E-state index in [0.29, 0.717) is 17.0 Å². The van der Waals surface area contributed by atoms with Gasteiger partial charge in [-0.2, -0.15) is 0 Å². The van der Waals surface area contributed by atoms with E-state index in [9.17, 15) is 9.18 Å². The number of rotatable bonds is 4. The Labute approximate surface area is 99.9 Å². The van der Waals surface area contributed by atoms with Gasteiger partial charge in [-0.05, 0) is 42.7 Å². The molecule has 0 heterocycles. The molecule has 0 N–H and O–H groups in total. The zero-order chi connectivity index (χ0) is 12.1. The molecule has 0 bridgehead atoms. The van der Waals surface area contributed by atoms with Gasteiger partial charge in [0.05, 0.1) is 0 Å². The third-order valence-corrected chi connectivity index (χ3v) is 2.68. The van der Waals surface area contributed by atoms with Crippen molar-refractivity contribution in [3.05, 3.63) is 46.3 Å². The number of carbonyl (C=O) groups excluding carboxylic acids is 1. The minimum Gasteiger partial charge on any atom is -0.294 e. The minimum absolute atomic E-state index is 0.0498. The van der Waals surface area contributed by atoms with Gasteiger partial charge in [0.1, 0.15) is 5.82 Å². The van der Waals surface area contributed by atoms with E-state index in [1.165, 1.54) is 18.2 Å². The topological polar surface area (TPSA) is 17.1 Å². The van der Waals surface area contributed by atoms with Crippen molar-refractivity contribution in [3.63, 3.8) is 0 Å². The average molecular weight is 241 g/mol. The van der Waals surface area contributed by atoms with E-state index in [-0.39, 0.29) is 18.0 Å². The highest BCUT2D eigenvalue weighted by molar-refractivity contribution is 6.30. The van der Waals surface area contributed by atoms with E-state index in [1.54, 1.807) is 6.08 Å². The number of Topliss-reactive ketones (excluding diaryl/α,β-unsaturated/α-hetero) is 1. The molecule has 0 saturated heterocycles. The van der Waals surface area contributed by atoms with Crippen LogP contribution in [0, 0.1) is 5.82 Å². The highest BCUT2D eigenvalue weighted by Crippen LogP contribution is 2.17. The summed E-state index contributed by atoms with van der Waals surface area (Å²) in [6.45, 7) is 3.71. The molecular weight excluding hydrogens is 227 g/mol. The van der Waals surface area contributed by atoms with Crippen LogP contribution in [0.1, 0.15) is 25.8 Å². The molecule has 1 aromatic carbocycles. The molecule has 0 radical (unpaired) electrons. The van der Waals surface area contributed by atoms with Crippen molar-refractivity contribution in [2.45, 2.75) is 26.7 Å². The molecule has 0 aliphatic heterocycles. The summed E-state index contributed by atoms with van der Waals surface area (Å²) >= 11 is 5.76. The summed E-state index contributed by atoms with van der Waals surface area (Å²) < 4.78 is 13.4. The highest BCUT2D eigenvalue weighted by Gasteiger charge is 2.11. The number of allylic oxidation sites excluding steroid dienone is 2. The molecule has 1 rings (SSSR count). The number of hydrogen-bond acceptors (Lipinski definition) is 1. The maximum absolute atomic E-state index is 13.4. The van der Waals surface area contributed by atoms with Gasteiger partial charge in [0.15, 0.2) is 5.78 Å². The zero-order valence-electron chi connectivity index (χ0n) is 9.39. The second-order valence-electron chi connectivity index (χ2n) is 3.50.